The number of hydrogen-bond donors (Lipinski definition) is 0. The molecule has 1 aromatic rings. The van der Waals surface area contributed by atoms with Crippen molar-refractivity contribution < 1.29 is 8.42 Å². The molecule has 0 aliphatic carbocycles. The van der Waals surface area contributed by atoms with Crippen LogP contribution in [0.3, 0.4) is 0 Å². The molecule has 0 spiro atoms. The Balaban J connectivity index is 2.13. The number of rotatable bonds is 13. The minimum Gasteiger partial charge on any atom is -0.219 e. The minimum absolute atomic E-state index is 0.350. The lowest BCUT2D eigenvalue weighted by Crippen LogP contribution is -2.03. The summed E-state index contributed by atoms with van der Waals surface area (Å²) in [6, 6.07) is 8.60. The van der Waals surface area contributed by atoms with Gasteiger partial charge in [-0.05, 0) is 25.0 Å². The van der Waals surface area contributed by atoms with Gasteiger partial charge in [-0.25, -0.2) is 8.42 Å². The van der Waals surface area contributed by atoms with Gasteiger partial charge in [0.2, 0.25) is 9.84 Å². The van der Waals surface area contributed by atoms with Gasteiger partial charge in [-0.15, -0.1) is 0 Å². The van der Waals surface area contributed by atoms with Crippen molar-refractivity contribution in [3.05, 3.63) is 41.8 Å². The van der Waals surface area contributed by atoms with Crippen molar-refractivity contribution in [3.63, 3.8) is 0 Å². The third-order valence-corrected chi connectivity index (χ3v) is 6.10. The van der Waals surface area contributed by atoms with Gasteiger partial charge in [0.05, 0.1) is 4.90 Å². The maximum absolute atomic E-state index is 12.3. The van der Waals surface area contributed by atoms with Crippen molar-refractivity contribution in [2.45, 2.75) is 82.4 Å². The summed E-state index contributed by atoms with van der Waals surface area (Å²) in [5.41, 5.74) is 0. The fourth-order valence-electron chi connectivity index (χ4n) is 2.71. The Morgan fingerprint density at radius 3 is 1.83 bits per heavy atom. The van der Waals surface area contributed by atoms with E-state index >= 15 is 0 Å². The molecule has 3 heteroatoms. The second-order valence-corrected chi connectivity index (χ2v) is 8.34. The van der Waals surface area contributed by atoms with Gasteiger partial charge in [-0.2, -0.15) is 0 Å². The van der Waals surface area contributed by atoms with Gasteiger partial charge in [0, 0.05) is 4.91 Å². The van der Waals surface area contributed by atoms with Crippen LogP contribution >= 0.6 is 0 Å². The van der Waals surface area contributed by atoms with E-state index in [1.807, 2.05) is 6.07 Å². The van der Waals surface area contributed by atoms with Gasteiger partial charge in [-0.1, -0.05) is 89.5 Å². The molecular formula is C20H32O2S. The number of allylic oxidation sites excluding steroid dienone is 1. The van der Waals surface area contributed by atoms with Gasteiger partial charge in [0.1, 0.15) is 0 Å². The zero-order valence-corrected chi connectivity index (χ0v) is 15.4. The SMILES string of the molecule is C=C(CCCCCCCCCCCC)S(=O)(=O)c1ccccc1. The summed E-state index contributed by atoms with van der Waals surface area (Å²) >= 11 is 0. The minimum atomic E-state index is -3.34. The average molecular weight is 337 g/mol. The van der Waals surface area contributed by atoms with Crippen LogP contribution in [0.15, 0.2) is 46.7 Å². The first-order chi connectivity index (χ1) is 11.1. The van der Waals surface area contributed by atoms with E-state index in [0.717, 1.165) is 12.8 Å². The summed E-state index contributed by atoms with van der Waals surface area (Å²) in [7, 11) is -3.34. The van der Waals surface area contributed by atoms with Crippen LogP contribution in [0.1, 0.15) is 77.6 Å². The van der Waals surface area contributed by atoms with Crippen LogP contribution in [0.2, 0.25) is 0 Å². The van der Waals surface area contributed by atoms with Gasteiger partial charge >= 0.3 is 0 Å². The Hall–Kier alpha value is -1.09. The van der Waals surface area contributed by atoms with Gasteiger partial charge in [-0.3, -0.25) is 0 Å². The first kappa shape index (κ1) is 20.0. The molecule has 1 rings (SSSR count). The molecule has 0 aliphatic rings. The Labute approximate surface area is 142 Å². The zero-order valence-electron chi connectivity index (χ0n) is 14.6. The number of unbranched alkanes of at least 4 members (excludes halogenated alkanes) is 9. The predicted molar refractivity (Wildman–Crippen MR) is 99.2 cm³/mol. The van der Waals surface area contributed by atoms with E-state index in [-0.39, 0.29) is 0 Å². The monoisotopic (exact) mass is 336 g/mol. The van der Waals surface area contributed by atoms with Crippen molar-refractivity contribution >= 4 is 9.84 Å². The van der Waals surface area contributed by atoms with Crippen molar-refractivity contribution in [2.75, 3.05) is 0 Å². The third-order valence-electron chi connectivity index (χ3n) is 4.24. The van der Waals surface area contributed by atoms with E-state index in [1.54, 1.807) is 24.3 Å². The molecule has 0 N–H and O–H groups in total. The lowest BCUT2D eigenvalue weighted by atomic mass is 10.1. The molecule has 0 bridgehead atoms. The number of sulfone groups is 1. The summed E-state index contributed by atoms with van der Waals surface area (Å²) in [6.07, 6.45) is 13.1. The topological polar surface area (TPSA) is 34.1 Å². The van der Waals surface area contributed by atoms with Crippen LogP contribution in [0.4, 0.5) is 0 Å². The molecule has 1 aromatic carbocycles. The average Bonchev–Trinajstić information content (AvgIpc) is 2.57. The van der Waals surface area contributed by atoms with Gasteiger partial charge in [0.15, 0.2) is 0 Å². The van der Waals surface area contributed by atoms with Crippen molar-refractivity contribution in [3.8, 4) is 0 Å². The highest BCUT2D eigenvalue weighted by atomic mass is 32.2. The Morgan fingerprint density at radius 1 is 0.826 bits per heavy atom. The predicted octanol–water partition coefficient (Wildman–Crippen LogP) is 6.29. The molecule has 130 valence electrons. The summed E-state index contributed by atoms with van der Waals surface area (Å²) in [6.45, 7) is 6.03. The summed E-state index contributed by atoms with van der Waals surface area (Å²) < 4.78 is 24.6. The lowest BCUT2D eigenvalue weighted by Gasteiger charge is -2.08. The smallest absolute Gasteiger partial charge is 0.202 e. The fraction of sp³-hybridized carbons (Fsp3) is 0.600. The largest absolute Gasteiger partial charge is 0.219 e. The van der Waals surface area contributed by atoms with Crippen molar-refractivity contribution in [2.24, 2.45) is 0 Å². The van der Waals surface area contributed by atoms with E-state index in [1.165, 1.54) is 51.4 Å². The second kappa shape index (κ2) is 11.4. The molecule has 23 heavy (non-hydrogen) atoms. The highest BCUT2D eigenvalue weighted by molar-refractivity contribution is 7.95. The summed E-state index contributed by atoms with van der Waals surface area (Å²) in [5.74, 6) is 0. The third kappa shape index (κ3) is 7.83. The standard InChI is InChI=1S/C20H32O2S/c1-3-4-5-6-7-8-9-10-11-13-16-19(2)23(21,22)20-17-14-12-15-18-20/h12,14-15,17-18H,2-11,13,16H2,1H3. The summed E-state index contributed by atoms with van der Waals surface area (Å²) in [5, 5.41) is 0. The van der Waals surface area contributed by atoms with E-state index in [0.29, 0.717) is 16.2 Å². The van der Waals surface area contributed by atoms with Crippen LogP contribution in [0.5, 0.6) is 0 Å². The Kier molecular flexibility index (Phi) is 9.93. The molecule has 0 unspecified atom stereocenters. The maximum Gasteiger partial charge on any atom is 0.202 e. The quantitative estimate of drug-likeness (QED) is 0.397. The molecule has 0 fully saturated rings. The first-order valence-corrected chi connectivity index (χ1v) is 10.5. The van der Waals surface area contributed by atoms with E-state index in [2.05, 4.69) is 13.5 Å². The highest BCUT2D eigenvalue weighted by Crippen LogP contribution is 2.22. The first-order valence-electron chi connectivity index (χ1n) is 9.07. The fourth-order valence-corrected chi connectivity index (χ4v) is 3.97. The zero-order chi connectivity index (χ0) is 17.0. The van der Waals surface area contributed by atoms with Crippen LogP contribution in [0, 0.1) is 0 Å². The molecule has 0 heterocycles. The molecular weight excluding hydrogens is 304 g/mol. The van der Waals surface area contributed by atoms with Crippen molar-refractivity contribution in [1.82, 2.24) is 0 Å². The summed E-state index contributed by atoms with van der Waals surface area (Å²) in [4.78, 5) is 0.709. The van der Waals surface area contributed by atoms with Crippen LogP contribution in [-0.2, 0) is 9.84 Å². The van der Waals surface area contributed by atoms with E-state index < -0.39 is 9.84 Å². The van der Waals surface area contributed by atoms with E-state index in [9.17, 15) is 8.42 Å². The molecule has 0 aliphatic heterocycles. The lowest BCUT2D eigenvalue weighted by molar-refractivity contribution is 0.556. The van der Waals surface area contributed by atoms with Gasteiger partial charge in [0.25, 0.3) is 0 Å². The molecule has 2 nitrogen and oxygen atoms in total. The van der Waals surface area contributed by atoms with Crippen LogP contribution in [-0.4, -0.2) is 8.42 Å². The number of hydrogen-bond acceptors (Lipinski definition) is 2. The second-order valence-electron chi connectivity index (χ2n) is 6.29. The van der Waals surface area contributed by atoms with E-state index in [4.69, 9.17) is 0 Å². The van der Waals surface area contributed by atoms with Crippen LogP contribution in [0.25, 0.3) is 0 Å². The molecule has 0 amide bonds. The maximum atomic E-state index is 12.3. The Morgan fingerprint density at radius 2 is 1.30 bits per heavy atom. The highest BCUT2D eigenvalue weighted by Gasteiger charge is 2.17. The molecule has 0 radical (unpaired) electrons. The normalized spacial score (nSPS) is 11.5. The molecule has 0 saturated carbocycles. The van der Waals surface area contributed by atoms with Gasteiger partial charge < -0.3 is 0 Å². The Bertz CT molecular complexity index is 532. The van der Waals surface area contributed by atoms with Crippen LogP contribution < -0.4 is 0 Å². The molecule has 0 aromatic heterocycles. The number of benzene rings is 1. The molecule has 0 saturated heterocycles. The van der Waals surface area contributed by atoms with Crippen molar-refractivity contribution in [1.29, 1.82) is 0 Å². The molecule has 0 atom stereocenters.